The van der Waals surface area contributed by atoms with Crippen LogP contribution < -0.4 is 20.5 Å². The van der Waals surface area contributed by atoms with Crippen LogP contribution in [0.4, 0.5) is 5.69 Å². The van der Waals surface area contributed by atoms with Crippen LogP contribution in [0.15, 0.2) is 12.1 Å². The molecule has 5 nitrogen and oxygen atoms in total. The van der Waals surface area contributed by atoms with Gasteiger partial charge in [0.05, 0.1) is 30.3 Å². The van der Waals surface area contributed by atoms with E-state index in [4.69, 9.17) is 20.2 Å². The first-order valence-corrected chi connectivity index (χ1v) is 13.4. The molecular weight excluding hydrogens is 422 g/mol. The molecule has 0 spiro atoms. The Balaban J connectivity index is 2.49. The van der Waals surface area contributed by atoms with Gasteiger partial charge in [-0.25, -0.2) is 4.98 Å². The standard InChI is InChI=1S/C29H49N3O2/c1-8-10-11-12-13-14-18-34-28-24(33-7)20-23(31-21(3)16-15-17-30)27-26(28)22(9-2)19-25(32-27)29(4,5)6/h19-21,31H,8-18,30H2,1-7H3. The SMILES string of the molecule is CCCCCCCCOc1c(OC)cc(NC(C)CCCN)c2nc(C(C)(C)C)cc(CC)c12. The van der Waals surface area contributed by atoms with Gasteiger partial charge in [0.2, 0.25) is 0 Å². The van der Waals surface area contributed by atoms with Crippen molar-refractivity contribution < 1.29 is 9.47 Å². The highest BCUT2D eigenvalue weighted by molar-refractivity contribution is 5.99. The lowest BCUT2D eigenvalue weighted by atomic mass is 9.89. The van der Waals surface area contributed by atoms with E-state index in [0.29, 0.717) is 13.2 Å². The third kappa shape index (κ3) is 7.76. The second-order valence-electron chi connectivity index (χ2n) is 10.5. The van der Waals surface area contributed by atoms with Crippen LogP contribution in [0.1, 0.15) is 104 Å². The second-order valence-corrected chi connectivity index (χ2v) is 10.5. The van der Waals surface area contributed by atoms with E-state index >= 15 is 0 Å². The second kappa shape index (κ2) is 13.8. The van der Waals surface area contributed by atoms with E-state index in [1.807, 2.05) is 0 Å². The molecule has 2 aromatic rings. The molecule has 192 valence electrons. The molecule has 0 aliphatic rings. The highest BCUT2D eigenvalue weighted by atomic mass is 16.5. The van der Waals surface area contributed by atoms with Crippen molar-refractivity contribution in [1.29, 1.82) is 0 Å². The summed E-state index contributed by atoms with van der Waals surface area (Å²) in [6.45, 7) is 14.7. The van der Waals surface area contributed by atoms with Crippen molar-refractivity contribution in [3.63, 3.8) is 0 Å². The third-order valence-corrected chi connectivity index (χ3v) is 6.44. The number of hydrogen-bond donors (Lipinski definition) is 2. The van der Waals surface area contributed by atoms with Crippen LogP contribution in [-0.4, -0.2) is 31.3 Å². The van der Waals surface area contributed by atoms with Gasteiger partial charge in [-0.05, 0) is 50.8 Å². The lowest BCUT2D eigenvalue weighted by Gasteiger charge is -2.24. The fourth-order valence-corrected chi connectivity index (χ4v) is 4.32. The Hall–Kier alpha value is -2.01. The molecule has 0 saturated heterocycles. The van der Waals surface area contributed by atoms with Crippen molar-refractivity contribution in [2.24, 2.45) is 5.73 Å². The van der Waals surface area contributed by atoms with E-state index in [2.05, 4.69) is 59.0 Å². The van der Waals surface area contributed by atoms with E-state index < -0.39 is 0 Å². The number of rotatable bonds is 15. The van der Waals surface area contributed by atoms with Crippen LogP contribution in [0.5, 0.6) is 11.5 Å². The first-order valence-electron chi connectivity index (χ1n) is 13.4. The summed E-state index contributed by atoms with van der Waals surface area (Å²) < 4.78 is 12.3. The quantitative estimate of drug-likeness (QED) is 0.265. The van der Waals surface area contributed by atoms with Gasteiger partial charge in [0, 0.05) is 23.2 Å². The number of aryl methyl sites for hydroxylation is 1. The fourth-order valence-electron chi connectivity index (χ4n) is 4.32. The number of nitrogens with zero attached hydrogens (tertiary/aromatic N) is 1. The van der Waals surface area contributed by atoms with Crippen LogP contribution in [0.3, 0.4) is 0 Å². The van der Waals surface area contributed by atoms with Crippen LogP contribution in [0.25, 0.3) is 10.9 Å². The van der Waals surface area contributed by atoms with Gasteiger partial charge in [-0.1, -0.05) is 66.7 Å². The van der Waals surface area contributed by atoms with Gasteiger partial charge in [-0.3, -0.25) is 0 Å². The maximum atomic E-state index is 6.43. The molecule has 5 heteroatoms. The average molecular weight is 472 g/mol. The first-order chi connectivity index (χ1) is 16.3. The minimum absolute atomic E-state index is 0.0417. The minimum atomic E-state index is -0.0417. The Kier molecular flexibility index (Phi) is 11.4. The molecule has 1 unspecified atom stereocenters. The summed E-state index contributed by atoms with van der Waals surface area (Å²) >= 11 is 0. The normalized spacial score (nSPS) is 12.7. The molecule has 0 bridgehead atoms. The Morgan fingerprint density at radius 3 is 2.35 bits per heavy atom. The van der Waals surface area contributed by atoms with Crippen molar-refractivity contribution in [2.75, 3.05) is 25.6 Å². The molecule has 34 heavy (non-hydrogen) atoms. The van der Waals surface area contributed by atoms with Crippen molar-refractivity contribution in [2.45, 2.75) is 111 Å². The van der Waals surface area contributed by atoms with E-state index in [1.54, 1.807) is 7.11 Å². The zero-order valence-corrected chi connectivity index (χ0v) is 22.9. The Morgan fingerprint density at radius 2 is 1.74 bits per heavy atom. The smallest absolute Gasteiger partial charge is 0.170 e. The summed E-state index contributed by atoms with van der Waals surface area (Å²) in [5, 5.41) is 4.77. The highest BCUT2D eigenvalue weighted by Crippen LogP contribution is 2.43. The molecule has 1 atom stereocenters. The van der Waals surface area contributed by atoms with Gasteiger partial charge in [-0.15, -0.1) is 0 Å². The predicted octanol–water partition coefficient (Wildman–Crippen LogP) is 7.38. The number of nitrogens with one attached hydrogen (secondary N) is 1. The molecular formula is C29H49N3O2. The molecule has 0 fully saturated rings. The summed E-state index contributed by atoms with van der Waals surface area (Å²) in [6.07, 6.45) is 10.3. The topological polar surface area (TPSA) is 69.4 Å². The van der Waals surface area contributed by atoms with Crippen LogP contribution in [0.2, 0.25) is 0 Å². The molecule has 1 aromatic heterocycles. The maximum absolute atomic E-state index is 6.43. The number of aromatic nitrogens is 1. The molecule has 3 N–H and O–H groups in total. The fraction of sp³-hybridized carbons (Fsp3) is 0.690. The molecule has 0 aliphatic carbocycles. The van der Waals surface area contributed by atoms with Crippen LogP contribution >= 0.6 is 0 Å². The van der Waals surface area contributed by atoms with Gasteiger partial charge < -0.3 is 20.5 Å². The summed E-state index contributed by atoms with van der Waals surface area (Å²) in [4.78, 5) is 5.18. The number of nitrogens with two attached hydrogens (primary N) is 1. The molecule has 0 radical (unpaired) electrons. The van der Waals surface area contributed by atoms with Crippen LogP contribution in [0, 0.1) is 0 Å². The Morgan fingerprint density at radius 1 is 1.03 bits per heavy atom. The summed E-state index contributed by atoms with van der Waals surface area (Å²) in [5.41, 5.74) is 10.0. The highest BCUT2D eigenvalue weighted by Gasteiger charge is 2.23. The van der Waals surface area contributed by atoms with Gasteiger partial charge in [0.15, 0.2) is 11.5 Å². The zero-order valence-electron chi connectivity index (χ0n) is 22.9. The van der Waals surface area contributed by atoms with Gasteiger partial charge in [0.25, 0.3) is 0 Å². The van der Waals surface area contributed by atoms with E-state index in [0.717, 1.165) is 59.5 Å². The third-order valence-electron chi connectivity index (χ3n) is 6.44. The number of methoxy groups -OCH3 is 1. The summed E-state index contributed by atoms with van der Waals surface area (Å²) in [7, 11) is 1.73. The largest absolute Gasteiger partial charge is 0.493 e. The van der Waals surface area contributed by atoms with Gasteiger partial charge in [0.1, 0.15) is 0 Å². The summed E-state index contributed by atoms with van der Waals surface area (Å²) in [5.74, 6) is 1.60. The van der Waals surface area contributed by atoms with Crippen molar-refractivity contribution in [3.05, 3.63) is 23.4 Å². The molecule has 1 aromatic carbocycles. The summed E-state index contributed by atoms with van der Waals surface area (Å²) in [6, 6.07) is 4.61. The van der Waals surface area contributed by atoms with Crippen LogP contribution in [-0.2, 0) is 11.8 Å². The lowest BCUT2D eigenvalue weighted by molar-refractivity contribution is 0.288. The van der Waals surface area contributed by atoms with Crippen molar-refractivity contribution >= 4 is 16.6 Å². The maximum Gasteiger partial charge on any atom is 0.170 e. The molecule has 0 aliphatic heterocycles. The Labute approximate surface area is 208 Å². The average Bonchev–Trinajstić information content (AvgIpc) is 2.81. The monoisotopic (exact) mass is 471 g/mol. The molecule has 2 rings (SSSR count). The molecule has 0 saturated carbocycles. The molecule has 1 heterocycles. The van der Waals surface area contributed by atoms with Gasteiger partial charge >= 0.3 is 0 Å². The number of hydrogen-bond acceptors (Lipinski definition) is 5. The van der Waals surface area contributed by atoms with Gasteiger partial charge in [-0.2, -0.15) is 0 Å². The number of ether oxygens (including phenoxy) is 2. The zero-order chi connectivity index (χ0) is 25.1. The number of benzene rings is 1. The number of anilines is 1. The van der Waals surface area contributed by atoms with E-state index in [1.165, 1.54) is 37.7 Å². The van der Waals surface area contributed by atoms with Crippen molar-refractivity contribution in [1.82, 2.24) is 4.98 Å². The van der Waals surface area contributed by atoms with E-state index in [-0.39, 0.29) is 11.5 Å². The van der Waals surface area contributed by atoms with E-state index in [9.17, 15) is 0 Å². The first kappa shape index (κ1) is 28.2. The minimum Gasteiger partial charge on any atom is -0.493 e. The predicted molar refractivity (Wildman–Crippen MR) is 147 cm³/mol. The van der Waals surface area contributed by atoms with Crippen molar-refractivity contribution in [3.8, 4) is 11.5 Å². The lowest BCUT2D eigenvalue weighted by Crippen LogP contribution is -2.19. The molecule has 0 amide bonds. The Bertz CT molecular complexity index is 889. The number of unbranched alkanes of at least 4 members (excludes halogenated alkanes) is 5. The number of fused-ring (bicyclic) bond motifs is 1. The number of pyridine rings is 1.